The van der Waals surface area contributed by atoms with Gasteiger partial charge >= 0.3 is 0 Å². The molecule has 0 fully saturated rings. The third-order valence-electron chi connectivity index (χ3n) is 3.03. The lowest BCUT2D eigenvalue weighted by atomic mass is 10.1. The molecule has 0 aromatic heterocycles. The monoisotopic (exact) mass is 393 g/mol. The van der Waals surface area contributed by atoms with Crippen molar-refractivity contribution in [2.75, 3.05) is 7.11 Å². The van der Waals surface area contributed by atoms with Gasteiger partial charge in [0.05, 0.1) is 12.0 Å². The number of nitrogens with zero attached hydrogens (tertiary/aromatic N) is 1. The number of methoxy groups -OCH3 is 1. The first-order valence-electron chi connectivity index (χ1n) is 6.38. The summed E-state index contributed by atoms with van der Waals surface area (Å²) in [7, 11) is -2.59. The average molecular weight is 394 g/mol. The number of rotatable bonds is 4. The maximum absolute atomic E-state index is 12.5. The number of phenolic OH excluding ortho intramolecular Hbond substituents is 1. The molecule has 0 atom stereocenters. The standard InChI is InChI=1S/C16H12BrNO4S/c1-22-15-9-12(17)7-11(16(15)19)8-14(10-18)23(20,21)13-5-3-2-4-6-13/h2-9,19H,1H3. The van der Waals surface area contributed by atoms with Crippen LogP contribution in [0.5, 0.6) is 11.5 Å². The van der Waals surface area contributed by atoms with Crippen molar-refractivity contribution in [3.8, 4) is 17.6 Å². The Bertz CT molecular complexity index is 900. The lowest BCUT2D eigenvalue weighted by Gasteiger charge is -2.08. The van der Waals surface area contributed by atoms with E-state index in [1.807, 2.05) is 0 Å². The molecule has 0 heterocycles. The average Bonchev–Trinajstić information content (AvgIpc) is 2.55. The van der Waals surface area contributed by atoms with E-state index in [2.05, 4.69) is 15.9 Å². The Hall–Kier alpha value is -2.30. The molecule has 0 aliphatic rings. The van der Waals surface area contributed by atoms with Crippen LogP contribution in [0.3, 0.4) is 0 Å². The Labute approximate surface area is 142 Å². The summed E-state index contributed by atoms with van der Waals surface area (Å²) in [6.45, 7) is 0. The molecule has 7 heteroatoms. The number of phenols is 1. The van der Waals surface area contributed by atoms with Crippen LogP contribution in [-0.4, -0.2) is 20.6 Å². The van der Waals surface area contributed by atoms with Crippen LogP contribution >= 0.6 is 15.9 Å². The molecule has 0 unspecified atom stereocenters. The summed E-state index contributed by atoms with van der Waals surface area (Å²) in [6.07, 6.45) is 1.12. The Kier molecular flexibility index (Phi) is 5.08. The minimum atomic E-state index is -3.97. The van der Waals surface area contributed by atoms with Crippen LogP contribution in [0.4, 0.5) is 0 Å². The maximum Gasteiger partial charge on any atom is 0.216 e. The maximum atomic E-state index is 12.5. The second kappa shape index (κ2) is 6.86. The molecule has 2 aromatic carbocycles. The van der Waals surface area contributed by atoms with Crippen molar-refractivity contribution < 1.29 is 18.3 Å². The van der Waals surface area contributed by atoms with Crippen LogP contribution < -0.4 is 4.74 Å². The van der Waals surface area contributed by atoms with Gasteiger partial charge in [0.15, 0.2) is 11.5 Å². The Morgan fingerprint density at radius 3 is 2.52 bits per heavy atom. The van der Waals surface area contributed by atoms with Crippen molar-refractivity contribution in [3.63, 3.8) is 0 Å². The number of hydrogen-bond acceptors (Lipinski definition) is 5. The van der Waals surface area contributed by atoms with Gasteiger partial charge in [0.2, 0.25) is 9.84 Å². The van der Waals surface area contributed by atoms with E-state index in [0.717, 1.165) is 6.08 Å². The van der Waals surface area contributed by atoms with E-state index in [4.69, 9.17) is 4.74 Å². The van der Waals surface area contributed by atoms with Gasteiger partial charge in [-0.05, 0) is 30.3 Å². The smallest absolute Gasteiger partial charge is 0.216 e. The molecule has 0 bridgehead atoms. The number of hydrogen-bond donors (Lipinski definition) is 1. The molecule has 0 saturated heterocycles. The van der Waals surface area contributed by atoms with E-state index < -0.39 is 14.7 Å². The third-order valence-corrected chi connectivity index (χ3v) is 5.17. The molecule has 1 N–H and O–H groups in total. The molecular weight excluding hydrogens is 382 g/mol. The predicted octanol–water partition coefficient (Wildman–Crippen LogP) is 3.50. The summed E-state index contributed by atoms with van der Waals surface area (Å²) in [4.78, 5) is -0.464. The number of nitriles is 1. The zero-order valence-electron chi connectivity index (χ0n) is 12.0. The molecule has 0 saturated carbocycles. The summed E-state index contributed by atoms with van der Waals surface area (Å²) in [5.41, 5.74) is 0.160. The molecule has 0 amide bonds. The number of aromatic hydroxyl groups is 1. The summed E-state index contributed by atoms with van der Waals surface area (Å²) < 4.78 is 30.6. The second-order valence-electron chi connectivity index (χ2n) is 4.48. The largest absolute Gasteiger partial charge is 0.504 e. The van der Waals surface area contributed by atoms with Gasteiger partial charge in [-0.25, -0.2) is 8.42 Å². The summed E-state index contributed by atoms with van der Waals surface area (Å²) in [6, 6.07) is 12.3. The molecule has 0 radical (unpaired) electrons. The molecular formula is C16H12BrNO4S. The number of ether oxygens (including phenoxy) is 1. The fourth-order valence-electron chi connectivity index (χ4n) is 1.90. The van der Waals surface area contributed by atoms with Gasteiger partial charge in [0.25, 0.3) is 0 Å². The van der Waals surface area contributed by atoms with E-state index in [0.29, 0.717) is 4.47 Å². The van der Waals surface area contributed by atoms with Gasteiger partial charge in [-0.3, -0.25) is 0 Å². The first kappa shape index (κ1) is 17.1. The summed E-state index contributed by atoms with van der Waals surface area (Å²) >= 11 is 3.24. The zero-order chi connectivity index (χ0) is 17.0. The number of benzene rings is 2. The van der Waals surface area contributed by atoms with Crippen LogP contribution in [0, 0.1) is 11.3 Å². The van der Waals surface area contributed by atoms with Crippen molar-refractivity contribution >= 4 is 31.8 Å². The molecule has 5 nitrogen and oxygen atoms in total. The van der Waals surface area contributed by atoms with Crippen LogP contribution in [0.15, 0.2) is 56.7 Å². The Balaban J connectivity index is 2.62. The van der Waals surface area contributed by atoms with Crippen molar-refractivity contribution in [2.24, 2.45) is 0 Å². The molecule has 2 rings (SSSR count). The lowest BCUT2D eigenvalue weighted by Crippen LogP contribution is -2.03. The number of halogens is 1. The van der Waals surface area contributed by atoms with Crippen molar-refractivity contribution in [1.82, 2.24) is 0 Å². The number of sulfone groups is 1. The third kappa shape index (κ3) is 3.55. The van der Waals surface area contributed by atoms with E-state index in [-0.39, 0.29) is 22.0 Å². The van der Waals surface area contributed by atoms with Crippen LogP contribution in [0.2, 0.25) is 0 Å². The predicted molar refractivity (Wildman–Crippen MR) is 89.6 cm³/mol. The normalized spacial score (nSPS) is 11.8. The van der Waals surface area contributed by atoms with Crippen molar-refractivity contribution in [1.29, 1.82) is 5.26 Å². The minimum Gasteiger partial charge on any atom is -0.504 e. The Morgan fingerprint density at radius 2 is 1.96 bits per heavy atom. The lowest BCUT2D eigenvalue weighted by molar-refractivity contribution is 0.372. The molecule has 0 spiro atoms. The van der Waals surface area contributed by atoms with E-state index in [1.165, 1.54) is 31.4 Å². The zero-order valence-corrected chi connectivity index (χ0v) is 14.4. The molecule has 0 aliphatic heterocycles. The minimum absolute atomic E-state index is 0.00857. The van der Waals surface area contributed by atoms with Gasteiger partial charge < -0.3 is 9.84 Å². The second-order valence-corrected chi connectivity index (χ2v) is 7.32. The molecule has 118 valence electrons. The van der Waals surface area contributed by atoms with Gasteiger partial charge in [0.1, 0.15) is 11.0 Å². The van der Waals surface area contributed by atoms with Gasteiger partial charge in [-0.1, -0.05) is 34.1 Å². The van der Waals surface area contributed by atoms with E-state index in [9.17, 15) is 18.8 Å². The molecule has 2 aromatic rings. The molecule has 23 heavy (non-hydrogen) atoms. The van der Waals surface area contributed by atoms with Crippen molar-refractivity contribution in [2.45, 2.75) is 4.90 Å². The van der Waals surface area contributed by atoms with Crippen LogP contribution in [0.1, 0.15) is 5.56 Å². The summed E-state index contributed by atoms with van der Waals surface area (Å²) in [5, 5.41) is 19.3. The molecule has 0 aliphatic carbocycles. The highest BCUT2D eigenvalue weighted by atomic mass is 79.9. The van der Waals surface area contributed by atoms with Gasteiger partial charge in [-0.2, -0.15) is 5.26 Å². The van der Waals surface area contributed by atoms with Crippen LogP contribution in [-0.2, 0) is 9.84 Å². The highest BCUT2D eigenvalue weighted by Crippen LogP contribution is 2.35. The quantitative estimate of drug-likeness (QED) is 0.802. The van der Waals surface area contributed by atoms with Crippen LogP contribution in [0.25, 0.3) is 6.08 Å². The van der Waals surface area contributed by atoms with Gasteiger partial charge in [-0.15, -0.1) is 0 Å². The van der Waals surface area contributed by atoms with E-state index in [1.54, 1.807) is 24.3 Å². The SMILES string of the molecule is COc1cc(Br)cc(C=C(C#N)S(=O)(=O)c2ccccc2)c1O. The topological polar surface area (TPSA) is 87.4 Å². The van der Waals surface area contributed by atoms with Gasteiger partial charge in [0, 0.05) is 10.0 Å². The number of allylic oxidation sites excluding steroid dienone is 1. The fraction of sp³-hybridized carbons (Fsp3) is 0.0625. The first-order chi connectivity index (χ1) is 10.9. The highest BCUT2D eigenvalue weighted by molar-refractivity contribution is 9.10. The van der Waals surface area contributed by atoms with E-state index >= 15 is 0 Å². The fourth-order valence-corrected chi connectivity index (χ4v) is 3.52. The Morgan fingerprint density at radius 1 is 1.30 bits per heavy atom. The van der Waals surface area contributed by atoms with Crippen molar-refractivity contribution in [3.05, 3.63) is 57.4 Å². The first-order valence-corrected chi connectivity index (χ1v) is 8.66. The summed E-state index contributed by atoms with van der Waals surface area (Å²) in [5.74, 6) is -0.0771. The highest BCUT2D eigenvalue weighted by Gasteiger charge is 2.21.